The van der Waals surface area contributed by atoms with E-state index in [1.807, 2.05) is 28.9 Å². The number of aromatic nitrogens is 4. The van der Waals surface area contributed by atoms with Gasteiger partial charge in [-0.15, -0.1) is 16.9 Å². The molecule has 0 aliphatic carbocycles. The van der Waals surface area contributed by atoms with Gasteiger partial charge in [0.1, 0.15) is 5.75 Å². The molecule has 0 amide bonds. The van der Waals surface area contributed by atoms with E-state index in [-0.39, 0.29) is 0 Å². The van der Waals surface area contributed by atoms with E-state index in [1.165, 1.54) is 10.5 Å². The molecule has 0 bridgehead atoms. The second-order valence-electron chi connectivity index (χ2n) is 5.10. The molecule has 5 nitrogen and oxygen atoms in total. The first-order chi connectivity index (χ1) is 11.8. The van der Waals surface area contributed by atoms with E-state index in [0.717, 1.165) is 22.2 Å². The number of hydrogen-bond donors (Lipinski definition) is 0. The van der Waals surface area contributed by atoms with Crippen molar-refractivity contribution in [3.8, 4) is 5.75 Å². The lowest BCUT2D eigenvalue weighted by atomic mass is 10.2. The third-order valence-corrected chi connectivity index (χ3v) is 5.29. The van der Waals surface area contributed by atoms with E-state index >= 15 is 0 Å². The van der Waals surface area contributed by atoms with Gasteiger partial charge >= 0.3 is 0 Å². The topological polar surface area (TPSA) is 52.8 Å². The van der Waals surface area contributed by atoms with Crippen LogP contribution in [0.3, 0.4) is 0 Å². The van der Waals surface area contributed by atoms with Crippen LogP contribution in [0.2, 0.25) is 0 Å². The first-order valence-corrected chi connectivity index (χ1v) is 9.64. The first kappa shape index (κ1) is 16.9. The van der Waals surface area contributed by atoms with Crippen LogP contribution in [0, 0.1) is 0 Å². The second-order valence-corrected chi connectivity index (χ2v) is 6.93. The molecule has 0 aliphatic rings. The van der Waals surface area contributed by atoms with Crippen molar-refractivity contribution >= 4 is 23.5 Å². The fraction of sp³-hybridized carbons (Fsp3) is 0.235. The highest BCUT2D eigenvalue weighted by Crippen LogP contribution is 2.23. The van der Waals surface area contributed by atoms with Crippen molar-refractivity contribution < 1.29 is 4.74 Å². The number of thioether (sulfide) groups is 2. The summed E-state index contributed by atoms with van der Waals surface area (Å²) in [4.78, 5) is 1.27. The summed E-state index contributed by atoms with van der Waals surface area (Å²) < 4.78 is 7.00. The summed E-state index contributed by atoms with van der Waals surface area (Å²) in [6.45, 7) is 0.644. The van der Waals surface area contributed by atoms with Crippen molar-refractivity contribution in [1.29, 1.82) is 0 Å². The molecular formula is C17H18N4OS2. The van der Waals surface area contributed by atoms with Crippen molar-refractivity contribution in [1.82, 2.24) is 20.2 Å². The van der Waals surface area contributed by atoms with Crippen molar-refractivity contribution in [3.63, 3.8) is 0 Å². The van der Waals surface area contributed by atoms with Crippen molar-refractivity contribution in [2.75, 3.05) is 13.4 Å². The Balaban J connectivity index is 1.63. The van der Waals surface area contributed by atoms with Crippen LogP contribution in [0.5, 0.6) is 5.75 Å². The van der Waals surface area contributed by atoms with Gasteiger partial charge in [0.25, 0.3) is 0 Å². The summed E-state index contributed by atoms with van der Waals surface area (Å²) in [5.41, 5.74) is 2.39. The Morgan fingerprint density at radius 1 is 1.00 bits per heavy atom. The monoisotopic (exact) mass is 358 g/mol. The zero-order valence-electron chi connectivity index (χ0n) is 13.5. The first-order valence-electron chi connectivity index (χ1n) is 7.43. The number of methoxy groups -OCH3 is 1. The maximum Gasteiger partial charge on any atom is 0.209 e. The lowest BCUT2D eigenvalue weighted by Gasteiger charge is -2.06. The van der Waals surface area contributed by atoms with E-state index in [9.17, 15) is 0 Å². The quantitative estimate of drug-likeness (QED) is 0.600. The van der Waals surface area contributed by atoms with Crippen LogP contribution < -0.4 is 4.74 Å². The average Bonchev–Trinajstić information content (AvgIpc) is 3.08. The van der Waals surface area contributed by atoms with Crippen LogP contribution in [0.25, 0.3) is 0 Å². The van der Waals surface area contributed by atoms with E-state index in [4.69, 9.17) is 4.74 Å². The van der Waals surface area contributed by atoms with E-state index in [2.05, 4.69) is 46.0 Å². The van der Waals surface area contributed by atoms with Gasteiger partial charge in [-0.1, -0.05) is 36.0 Å². The van der Waals surface area contributed by atoms with Crippen molar-refractivity contribution in [3.05, 3.63) is 59.7 Å². The Bertz CT molecular complexity index is 772. The molecule has 0 fully saturated rings. The molecule has 0 saturated heterocycles. The molecule has 0 N–H and O–H groups in total. The average molecular weight is 358 g/mol. The van der Waals surface area contributed by atoms with Gasteiger partial charge in [-0.2, -0.15) is 0 Å². The Hall–Kier alpha value is -1.99. The van der Waals surface area contributed by atoms with Gasteiger partial charge in [0, 0.05) is 10.6 Å². The Morgan fingerprint density at radius 3 is 2.38 bits per heavy atom. The molecule has 1 aromatic heterocycles. The number of benzene rings is 2. The predicted molar refractivity (Wildman–Crippen MR) is 97.7 cm³/mol. The molecule has 7 heteroatoms. The second kappa shape index (κ2) is 8.21. The SMILES string of the molecule is COc1ccc(Cn2nnnc2SCc2ccc(SC)cc2)cc1. The summed E-state index contributed by atoms with van der Waals surface area (Å²) in [6.07, 6.45) is 2.08. The highest BCUT2D eigenvalue weighted by molar-refractivity contribution is 7.98. The number of rotatable bonds is 7. The van der Waals surface area contributed by atoms with Crippen LogP contribution in [0.4, 0.5) is 0 Å². The van der Waals surface area contributed by atoms with Crippen LogP contribution in [-0.2, 0) is 12.3 Å². The fourth-order valence-electron chi connectivity index (χ4n) is 2.17. The van der Waals surface area contributed by atoms with E-state index in [0.29, 0.717) is 6.54 Å². The molecular weight excluding hydrogens is 340 g/mol. The highest BCUT2D eigenvalue weighted by Gasteiger charge is 2.08. The summed E-state index contributed by atoms with van der Waals surface area (Å²) in [7, 11) is 1.66. The number of nitrogens with zero attached hydrogens (tertiary/aromatic N) is 4. The van der Waals surface area contributed by atoms with Gasteiger partial charge in [0.2, 0.25) is 5.16 Å². The summed E-state index contributed by atoms with van der Waals surface area (Å²) in [6, 6.07) is 16.5. The third-order valence-electron chi connectivity index (χ3n) is 3.52. The van der Waals surface area contributed by atoms with Crippen molar-refractivity contribution in [2.24, 2.45) is 0 Å². The molecule has 0 unspecified atom stereocenters. The lowest BCUT2D eigenvalue weighted by Crippen LogP contribution is -2.04. The number of ether oxygens (including phenoxy) is 1. The summed E-state index contributed by atoms with van der Waals surface area (Å²) in [5, 5.41) is 12.8. The standard InChI is InChI=1S/C17H18N4OS2/c1-22-15-7-3-13(4-8-15)11-21-17(18-19-20-21)24-12-14-5-9-16(23-2)10-6-14/h3-10H,11-12H2,1-2H3. The summed E-state index contributed by atoms with van der Waals surface area (Å²) in [5.74, 6) is 1.69. The molecule has 24 heavy (non-hydrogen) atoms. The minimum atomic E-state index is 0.644. The van der Waals surface area contributed by atoms with Crippen LogP contribution in [-0.4, -0.2) is 33.6 Å². The zero-order chi connectivity index (χ0) is 16.8. The van der Waals surface area contributed by atoms with Gasteiger partial charge < -0.3 is 4.74 Å². The molecule has 0 radical (unpaired) electrons. The van der Waals surface area contributed by atoms with Gasteiger partial charge in [-0.25, -0.2) is 4.68 Å². The van der Waals surface area contributed by atoms with E-state index in [1.54, 1.807) is 30.6 Å². The molecule has 0 saturated carbocycles. The van der Waals surface area contributed by atoms with E-state index < -0.39 is 0 Å². The molecule has 0 atom stereocenters. The zero-order valence-corrected chi connectivity index (χ0v) is 15.2. The maximum atomic E-state index is 5.18. The smallest absolute Gasteiger partial charge is 0.209 e. The molecule has 3 rings (SSSR count). The molecule has 3 aromatic rings. The maximum absolute atomic E-state index is 5.18. The molecule has 0 aliphatic heterocycles. The Labute approximate surface area is 149 Å². The number of hydrogen-bond acceptors (Lipinski definition) is 6. The lowest BCUT2D eigenvalue weighted by molar-refractivity contribution is 0.414. The van der Waals surface area contributed by atoms with Gasteiger partial charge in [0.05, 0.1) is 13.7 Å². The minimum Gasteiger partial charge on any atom is -0.497 e. The molecule has 2 aromatic carbocycles. The van der Waals surface area contributed by atoms with Crippen molar-refractivity contribution in [2.45, 2.75) is 22.3 Å². The van der Waals surface area contributed by atoms with Gasteiger partial charge in [0.15, 0.2) is 0 Å². The van der Waals surface area contributed by atoms with Crippen LogP contribution in [0.1, 0.15) is 11.1 Å². The minimum absolute atomic E-state index is 0.644. The predicted octanol–water partition coefficient (Wildman–Crippen LogP) is 3.74. The van der Waals surface area contributed by atoms with Gasteiger partial charge in [-0.05, 0) is 52.1 Å². The third kappa shape index (κ3) is 4.30. The Kier molecular flexibility index (Phi) is 5.77. The number of tetrazole rings is 1. The Morgan fingerprint density at radius 2 is 1.71 bits per heavy atom. The molecule has 1 heterocycles. The van der Waals surface area contributed by atoms with Crippen LogP contribution in [0.15, 0.2) is 58.6 Å². The largest absolute Gasteiger partial charge is 0.497 e. The fourth-order valence-corrected chi connectivity index (χ4v) is 3.41. The highest BCUT2D eigenvalue weighted by atomic mass is 32.2. The van der Waals surface area contributed by atoms with Gasteiger partial charge in [-0.3, -0.25) is 0 Å². The summed E-state index contributed by atoms with van der Waals surface area (Å²) >= 11 is 3.39. The normalized spacial score (nSPS) is 10.8. The molecule has 124 valence electrons. The molecule has 0 spiro atoms. The van der Waals surface area contributed by atoms with Crippen LogP contribution >= 0.6 is 23.5 Å².